The van der Waals surface area contributed by atoms with E-state index in [0.717, 1.165) is 141 Å². The maximum absolute atomic E-state index is 13.6. The van der Waals surface area contributed by atoms with Crippen LogP contribution in [0.4, 0.5) is 0 Å². The maximum Gasteiger partial charge on any atom is 0.289 e. The van der Waals surface area contributed by atoms with Gasteiger partial charge in [0.2, 0.25) is 0 Å². The highest BCUT2D eigenvalue weighted by Crippen LogP contribution is 2.50. The molecule has 5 aromatic carbocycles. The van der Waals surface area contributed by atoms with Crippen molar-refractivity contribution in [2.75, 3.05) is 72.0 Å². The number of Topliss-reactive ketones (excluding diaryl/α,β-unsaturated/α-hetero) is 1. The minimum Gasteiger partial charge on any atom is -0.493 e. The van der Waals surface area contributed by atoms with Crippen molar-refractivity contribution in [3.8, 4) is 34.5 Å². The molecular formula is C79H89BrN6O12S2. The molecule has 0 bridgehead atoms. The van der Waals surface area contributed by atoms with Gasteiger partial charge in [0.15, 0.2) is 28.8 Å². The lowest BCUT2D eigenvalue weighted by atomic mass is 9.74. The first-order valence-corrected chi connectivity index (χ1v) is 37.7. The highest BCUT2D eigenvalue weighted by Gasteiger charge is 2.47. The Hall–Kier alpha value is -8.05. The molecule has 15 rings (SSSR count). The van der Waals surface area contributed by atoms with Crippen molar-refractivity contribution < 1.29 is 56.4 Å². The molecule has 3 aromatic heterocycles. The van der Waals surface area contributed by atoms with E-state index in [1.54, 1.807) is 54.5 Å². The van der Waals surface area contributed by atoms with E-state index in [1.807, 2.05) is 93.6 Å². The first kappa shape index (κ1) is 70.4. The van der Waals surface area contributed by atoms with Crippen molar-refractivity contribution in [2.24, 2.45) is 17.2 Å². The molecule has 9 heterocycles. The van der Waals surface area contributed by atoms with Crippen LogP contribution in [-0.2, 0) is 61.9 Å². The number of methoxy groups -OCH3 is 1. The molecule has 0 unspecified atom stereocenters. The van der Waals surface area contributed by atoms with Crippen LogP contribution in [0.1, 0.15) is 175 Å². The third-order valence-electron chi connectivity index (χ3n) is 20.9. The van der Waals surface area contributed by atoms with Gasteiger partial charge in [0, 0.05) is 104 Å². The standard InChI is InChI=1S/C29H34N2O5.C25H25BrN2O4.C25H30N2O3S2/c1-3-4-20-5-9-25(27(16-20)33-2)34-18-22-7-10-26(36-22)28(32)31-13-11-29(12-14-31)19-35-24-8-6-21(17-30)15-23(24)29;26-20-3-1-2-4-22(20)30-15-18-6-8-23(32-18)24(29)28-11-9-25(10-12-28)16-31-21-7-5-17(14-27)13-19(21)25;1-2-12-31-24-21-17(4-3-5-19(21)28)22(32-24)23(29)27-10-8-25(9-11-27)15-30-20-7-6-16(14-26)13-18(20)25/h5-10,15-16H,3-4,11-14,17-19,30H2,1-2H3;1-8,13H,9-12,14-16,27H2;6-7,13H,2-5,8-12,14-15,26H2,1H3. The number of carbonyl (C=O) groups is 4. The molecule has 0 atom stereocenters. The number of nitrogens with zero attached hydrogens (tertiary/aromatic N) is 3. The molecule has 3 spiro atoms. The van der Waals surface area contributed by atoms with Crippen LogP contribution in [0.2, 0.25) is 0 Å². The van der Waals surface area contributed by atoms with Crippen LogP contribution in [0, 0.1) is 0 Å². The number of thioether (sulfide) groups is 1. The predicted molar refractivity (Wildman–Crippen MR) is 390 cm³/mol. The van der Waals surface area contributed by atoms with Crippen molar-refractivity contribution in [1.82, 2.24) is 14.7 Å². The third kappa shape index (κ3) is 14.7. The number of carbonyl (C=O) groups excluding carboxylic acids is 4. The summed E-state index contributed by atoms with van der Waals surface area (Å²) in [5.74, 6) is 7.96. The van der Waals surface area contributed by atoms with Gasteiger partial charge in [-0.1, -0.05) is 74.9 Å². The number of rotatable bonds is 18. The van der Waals surface area contributed by atoms with Gasteiger partial charge < -0.3 is 69.2 Å². The smallest absolute Gasteiger partial charge is 0.289 e. The molecule has 18 nitrogen and oxygen atoms in total. The number of hydrogen-bond acceptors (Lipinski definition) is 17. The Morgan fingerprint density at radius 2 is 1.02 bits per heavy atom. The van der Waals surface area contributed by atoms with Crippen molar-refractivity contribution in [3.05, 3.63) is 204 Å². The topological polar surface area (TPSA) is 238 Å². The first-order valence-electron chi connectivity index (χ1n) is 35.1. The second-order valence-corrected chi connectivity index (χ2v) is 30.4. The third-order valence-corrected chi connectivity index (χ3v) is 24.2. The highest BCUT2D eigenvalue weighted by atomic mass is 79.9. The van der Waals surface area contributed by atoms with Crippen LogP contribution < -0.4 is 45.6 Å². The number of likely N-dealkylation sites (tertiary alicyclic amines) is 3. The lowest BCUT2D eigenvalue weighted by Crippen LogP contribution is -2.46. The molecule has 0 saturated carbocycles. The highest BCUT2D eigenvalue weighted by molar-refractivity contribution is 9.10. The first-order chi connectivity index (χ1) is 48.7. The zero-order valence-electron chi connectivity index (χ0n) is 57.3. The second-order valence-electron chi connectivity index (χ2n) is 27.2. The summed E-state index contributed by atoms with van der Waals surface area (Å²) in [6.07, 6.45) is 10.6. The normalized spacial score (nSPS) is 17.2. The number of amides is 3. The number of fused-ring (bicyclic) bond motifs is 7. The van der Waals surface area contributed by atoms with Gasteiger partial charge in [0.25, 0.3) is 17.7 Å². The number of furan rings is 2. The number of hydrogen-bond donors (Lipinski definition) is 3. The molecule has 0 radical (unpaired) electrons. The molecule has 3 fully saturated rings. The average molecular weight is 1460 g/mol. The molecular weight excluding hydrogens is 1370 g/mol. The fourth-order valence-electron chi connectivity index (χ4n) is 15.0. The fourth-order valence-corrected chi connectivity index (χ4v) is 18.0. The van der Waals surface area contributed by atoms with E-state index in [9.17, 15) is 19.2 Å². The van der Waals surface area contributed by atoms with Crippen LogP contribution in [0.25, 0.3) is 0 Å². The Kier molecular flexibility index (Phi) is 21.9. The minimum absolute atomic E-state index is 0.0235. The van der Waals surface area contributed by atoms with Gasteiger partial charge in [-0.25, -0.2) is 0 Å². The quantitative estimate of drug-likeness (QED) is 0.0677. The lowest BCUT2D eigenvalue weighted by Gasteiger charge is -2.38. The number of para-hydroxylation sites is 1. The van der Waals surface area contributed by atoms with Crippen LogP contribution in [0.5, 0.6) is 34.5 Å². The SMILES string of the molecule is CCCSc1sc(C(=O)N2CCC3(CC2)COc2ccc(CN)cc23)c2c1C(=O)CCC2.CCCc1ccc(OCc2ccc(C(=O)N3CCC4(CC3)COc3ccc(CN)cc34)o2)c(OC)c1.NCc1ccc2c(c1)C1(CCN(C(=O)c3ccc(COc4ccccc4Br)o3)CC1)CO2. The monoisotopic (exact) mass is 1460 g/mol. The summed E-state index contributed by atoms with van der Waals surface area (Å²) in [7, 11) is 1.64. The van der Waals surface area contributed by atoms with Gasteiger partial charge in [-0.3, -0.25) is 19.2 Å². The van der Waals surface area contributed by atoms with Gasteiger partial charge in [-0.2, -0.15) is 0 Å². The van der Waals surface area contributed by atoms with Crippen LogP contribution in [-0.4, -0.2) is 110 Å². The van der Waals surface area contributed by atoms with Gasteiger partial charge in [-0.15, -0.1) is 23.1 Å². The molecule has 3 saturated heterocycles. The number of thiophene rings is 1. The van der Waals surface area contributed by atoms with Crippen molar-refractivity contribution in [1.29, 1.82) is 0 Å². The summed E-state index contributed by atoms with van der Waals surface area (Å²) in [5.41, 5.74) is 27.6. The number of aryl methyl sites for hydroxylation is 1. The van der Waals surface area contributed by atoms with Crippen LogP contribution in [0.15, 0.2) is 139 Å². The molecule has 8 aromatic rings. The number of nitrogens with two attached hydrogens (primary N) is 3. The van der Waals surface area contributed by atoms with Crippen molar-refractivity contribution in [3.63, 3.8) is 0 Å². The lowest BCUT2D eigenvalue weighted by molar-refractivity contribution is 0.0605. The number of halogens is 1. The molecule has 21 heteroatoms. The second kappa shape index (κ2) is 31.0. The molecule has 6 N–H and O–H groups in total. The van der Waals surface area contributed by atoms with Crippen molar-refractivity contribution in [2.45, 2.75) is 144 Å². The van der Waals surface area contributed by atoms with Crippen LogP contribution >= 0.6 is 39.0 Å². The number of piperidine rings is 3. The van der Waals surface area contributed by atoms with Crippen LogP contribution in [0.3, 0.4) is 0 Å². The fraction of sp³-hybridized carbons (Fsp3) is 0.418. The van der Waals surface area contributed by atoms with Gasteiger partial charge in [0.1, 0.15) is 47.7 Å². The summed E-state index contributed by atoms with van der Waals surface area (Å²) >= 11 is 6.75. The molecule has 1 aliphatic carbocycles. The van der Waals surface area contributed by atoms with E-state index < -0.39 is 0 Å². The zero-order valence-corrected chi connectivity index (χ0v) is 60.5. The zero-order chi connectivity index (χ0) is 69.5. The Morgan fingerprint density at radius 1 is 0.550 bits per heavy atom. The summed E-state index contributed by atoms with van der Waals surface area (Å²) in [5, 5.41) is 0. The van der Waals surface area contributed by atoms with E-state index in [2.05, 4.69) is 48.0 Å². The Balaban J connectivity index is 0.000000135. The summed E-state index contributed by atoms with van der Waals surface area (Å²) in [6.45, 7) is 12.4. The molecule has 6 aliphatic heterocycles. The number of ketones is 1. The summed E-state index contributed by atoms with van der Waals surface area (Å²) in [6, 6.07) is 39.3. The van der Waals surface area contributed by atoms with Crippen molar-refractivity contribution >= 4 is 62.5 Å². The molecule has 3 amide bonds. The van der Waals surface area contributed by atoms with E-state index >= 15 is 0 Å². The molecule has 100 heavy (non-hydrogen) atoms. The Bertz CT molecular complexity index is 4270. The molecule has 7 aliphatic rings. The Morgan fingerprint density at radius 3 is 1.48 bits per heavy atom. The van der Waals surface area contributed by atoms with E-state index in [0.29, 0.717) is 120 Å². The van der Waals surface area contributed by atoms with Gasteiger partial charge in [0.05, 0.1) is 40.5 Å². The molecule has 526 valence electrons. The minimum atomic E-state index is -0.0903. The van der Waals surface area contributed by atoms with Gasteiger partial charge >= 0.3 is 0 Å². The van der Waals surface area contributed by atoms with Gasteiger partial charge in [-0.05, 0) is 180 Å². The van der Waals surface area contributed by atoms with E-state index in [-0.39, 0.29) is 53.0 Å². The predicted octanol–water partition coefficient (Wildman–Crippen LogP) is 14.3. The number of ether oxygens (including phenoxy) is 6. The maximum atomic E-state index is 13.6. The largest absolute Gasteiger partial charge is 0.493 e. The van der Waals surface area contributed by atoms with E-state index in [4.69, 9.17) is 54.5 Å². The number of benzene rings is 5. The Labute approximate surface area is 601 Å². The van der Waals surface area contributed by atoms with E-state index in [1.165, 1.54) is 22.3 Å². The average Bonchev–Trinajstić information content (AvgIpc) is 1.54. The summed E-state index contributed by atoms with van der Waals surface area (Å²) in [4.78, 5) is 59.0. The summed E-state index contributed by atoms with van der Waals surface area (Å²) < 4.78 is 48.8.